The lowest BCUT2D eigenvalue weighted by Gasteiger charge is -2.19. The number of anilines is 2. The third-order valence-electron chi connectivity index (χ3n) is 4.45. The Morgan fingerprint density at radius 3 is 2.30 bits per heavy atom. The summed E-state index contributed by atoms with van der Waals surface area (Å²) in [6.07, 6.45) is 4.41. The topological polar surface area (TPSA) is 126 Å². The molecule has 0 aliphatic carbocycles. The Labute approximate surface area is 177 Å². The number of para-hydroxylation sites is 1. The van der Waals surface area contributed by atoms with Gasteiger partial charge in [0, 0.05) is 7.05 Å². The third-order valence-corrected chi connectivity index (χ3v) is 7.33. The predicted molar refractivity (Wildman–Crippen MR) is 116 cm³/mol. The lowest BCUT2D eigenvalue weighted by atomic mass is 10.1. The van der Waals surface area contributed by atoms with Crippen LogP contribution in [0.15, 0.2) is 41.4 Å². The molecule has 0 aliphatic rings. The highest BCUT2D eigenvalue weighted by atomic mass is 32.2. The van der Waals surface area contributed by atoms with Gasteiger partial charge in [-0.15, -0.1) is 10.2 Å². The molecule has 1 N–H and O–H groups in total. The molecule has 9 nitrogen and oxygen atoms in total. The number of sulfonamides is 1. The Hall–Kier alpha value is -2.53. The molecule has 0 bridgehead atoms. The van der Waals surface area contributed by atoms with Crippen molar-refractivity contribution in [2.75, 3.05) is 28.7 Å². The van der Waals surface area contributed by atoms with Crippen molar-refractivity contribution >= 4 is 37.3 Å². The summed E-state index contributed by atoms with van der Waals surface area (Å²) < 4.78 is 49.3. The molecule has 0 atom stereocenters. The standard InChI is InChI=1S/C19H26N4O5S2/c1-4-5-6-9-14-30(27,28)18-13-12-17(21-22-18)20-19(24)15-10-7-8-11-16(15)23(2)29(3,25)26/h7-8,10-13H,4-6,9,14H2,1-3H3,(H,20,21,24). The van der Waals surface area contributed by atoms with E-state index in [1.807, 2.05) is 6.92 Å². The normalized spacial score (nSPS) is 11.8. The molecule has 0 saturated heterocycles. The largest absolute Gasteiger partial charge is 0.305 e. The number of benzene rings is 1. The van der Waals surface area contributed by atoms with Crippen LogP contribution < -0.4 is 9.62 Å². The first-order valence-corrected chi connectivity index (χ1v) is 13.0. The number of carbonyl (C=O) groups excluding carboxylic acids is 1. The van der Waals surface area contributed by atoms with Gasteiger partial charge in [0.25, 0.3) is 5.91 Å². The fourth-order valence-corrected chi connectivity index (χ4v) is 4.43. The number of hydrogen-bond donors (Lipinski definition) is 1. The van der Waals surface area contributed by atoms with E-state index in [1.54, 1.807) is 12.1 Å². The van der Waals surface area contributed by atoms with Gasteiger partial charge in [-0.05, 0) is 30.7 Å². The average molecular weight is 455 g/mol. The molecule has 1 amide bonds. The molecule has 0 fully saturated rings. The van der Waals surface area contributed by atoms with Gasteiger partial charge in [-0.2, -0.15) is 0 Å². The number of amides is 1. The Kier molecular flexibility index (Phi) is 7.90. The SMILES string of the molecule is CCCCCCS(=O)(=O)c1ccc(NC(=O)c2ccccc2N(C)S(C)(=O)=O)nn1. The van der Waals surface area contributed by atoms with Crippen LogP contribution in [0.5, 0.6) is 0 Å². The Balaban J connectivity index is 2.14. The van der Waals surface area contributed by atoms with E-state index in [0.717, 1.165) is 29.8 Å². The number of aromatic nitrogens is 2. The van der Waals surface area contributed by atoms with Gasteiger partial charge >= 0.3 is 0 Å². The number of nitrogens with zero attached hydrogens (tertiary/aromatic N) is 3. The highest BCUT2D eigenvalue weighted by Gasteiger charge is 2.21. The lowest BCUT2D eigenvalue weighted by Crippen LogP contribution is -2.27. The molecule has 30 heavy (non-hydrogen) atoms. The van der Waals surface area contributed by atoms with Crippen LogP contribution in [0.3, 0.4) is 0 Å². The first-order chi connectivity index (χ1) is 14.1. The van der Waals surface area contributed by atoms with Crippen LogP contribution in [0.25, 0.3) is 0 Å². The monoisotopic (exact) mass is 454 g/mol. The second-order valence-corrected chi connectivity index (χ2v) is 10.9. The van der Waals surface area contributed by atoms with Crippen molar-refractivity contribution in [3.63, 3.8) is 0 Å². The smallest absolute Gasteiger partial charge is 0.259 e. The molecule has 0 saturated carbocycles. The first kappa shape index (κ1) is 23.7. The Morgan fingerprint density at radius 2 is 1.70 bits per heavy atom. The molecule has 1 aromatic heterocycles. The zero-order valence-electron chi connectivity index (χ0n) is 17.2. The van der Waals surface area contributed by atoms with E-state index in [4.69, 9.17) is 0 Å². The van der Waals surface area contributed by atoms with Crippen LogP contribution in [0.4, 0.5) is 11.5 Å². The van der Waals surface area contributed by atoms with Gasteiger partial charge in [-0.1, -0.05) is 38.3 Å². The third kappa shape index (κ3) is 6.23. The van der Waals surface area contributed by atoms with E-state index >= 15 is 0 Å². The number of carbonyl (C=O) groups is 1. The summed E-state index contributed by atoms with van der Waals surface area (Å²) in [5.41, 5.74) is 0.330. The van der Waals surface area contributed by atoms with E-state index in [9.17, 15) is 21.6 Å². The molecule has 164 valence electrons. The van der Waals surface area contributed by atoms with Gasteiger partial charge < -0.3 is 5.32 Å². The summed E-state index contributed by atoms with van der Waals surface area (Å²) in [6.45, 7) is 2.05. The van der Waals surface area contributed by atoms with E-state index < -0.39 is 25.8 Å². The van der Waals surface area contributed by atoms with E-state index in [1.165, 1.54) is 31.3 Å². The minimum Gasteiger partial charge on any atom is -0.305 e. The lowest BCUT2D eigenvalue weighted by molar-refractivity contribution is 0.102. The van der Waals surface area contributed by atoms with Gasteiger partial charge in [0.15, 0.2) is 20.7 Å². The molecule has 1 aromatic carbocycles. The van der Waals surface area contributed by atoms with Crippen molar-refractivity contribution in [1.82, 2.24) is 10.2 Å². The maximum Gasteiger partial charge on any atom is 0.259 e. The summed E-state index contributed by atoms with van der Waals surface area (Å²) in [6, 6.07) is 8.87. The molecule has 0 spiro atoms. The second-order valence-electron chi connectivity index (χ2n) is 6.84. The maximum absolute atomic E-state index is 12.6. The average Bonchev–Trinajstić information content (AvgIpc) is 2.70. The minimum absolute atomic E-state index is 0.00140. The molecule has 1 heterocycles. The molecule has 2 aromatic rings. The Bertz CT molecular complexity index is 1080. The van der Waals surface area contributed by atoms with Gasteiger partial charge in [0.05, 0.1) is 23.3 Å². The molecule has 11 heteroatoms. The highest BCUT2D eigenvalue weighted by molar-refractivity contribution is 7.92. The predicted octanol–water partition coefficient (Wildman–Crippen LogP) is 2.48. The van der Waals surface area contributed by atoms with Crippen LogP contribution >= 0.6 is 0 Å². The minimum atomic E-state index is -3.56. The summed E-state index contributed by atoms with van der Waals surface area (Å²) in [5, 5.41) is 9.89. The molecule has 2 rings (SSSR count). The summed E-state index contributed by atoms with van der Waals surface area (Å²) >= 11 is 0. The van der Waals surface area contributed by atoms with Crippen molar-refractivity contribution in [2.24, 2.45) is 0 Å². The van der Waals surface area contributed by atoms with Gasteiger partial charge in [0.1, 0.15) is 0 Å². The Morgan fingerprint density at radius 1 is 1.00 bits per heavy atom. The van der Waals surface area contributed by atoms with Gasteiger partial charge in [-0.25, -0.2) is 16.8 Å². The quantitative estimate of drug-likeness (QED) is 0.546. The molecule has 0 aliphatic heterocycles. The van der Waals surface area contributed by atoms with Gasteiger partial charge in [-0.3, -0.25) is 9.10 Å². The van der Waals surface area contributed by atoms with E-state index in [-0.39, 0.29) is 27.8 Å². The van der Waals surface area contributed by atoms with Crippen LogP contribution in [0.2, 0.25) is 0 Å². The second kappa shape index (κ2) is 9.98. The van der Waals surface area contributed by atoms with Crippen molar-refractivity contribution in [3.8, 4) is 0 Å². The number of nitrogens with one attached hydrogen (secondary N) is 1. The number of hydrogen-bond acceptors (Lipinski definition) is 7. The zero-order chi connectivity index (χ0) is 22.4. The zero-order valence-corrected chi connectivity index (χ0v) is 18.8. The maximum atomic E-state index is 12.6. The molecule has 0 radical (unpaired) electrons. The summed E-state index contributed by atoms with van der Waals surface area (Å²) in [5.74, 6) is -0.536. The van der Waals surface area contributed by atoms with Crippen molar-refractivity contribution in [2.45, 2.75) is 37.6 Å². The van der Waals surface area contributed by atoms with Gasteiger partial charge in [0.2, 0.25) is 10.0 Å². The summed E-state index contributed by atoms with van der Waals surface area (Å²) in [4.78, 5) is 12.6. The van der Waals surface area contributed by atoms with Crippen molar-refractivity contribution < 1.29 is 21.6 Å². The number of rotatable bonds is 10. The van der Waals surface area contributed by atoms with Crippen molar-refractivity contribution in [3.05, 3.63) is 42.0 Å². The molecule has 0 unspecified atom stereocenters. The fourth-order valence-electron chi connectivity index (χ4n) is 2.68. The highest BCUT2D eigenvalue weighted by Crippen LogP contribution is 2.22. The van der Waals surface area contributed by atoms with E-state index in [0.29, 0.717) is 6.42 Å². The molecular formula is C19H26N4O5S2. The van der Waals surface area contributed by atoms with Crippen LogP contribution in [0.1, 0.15) is 43.0 Å². The fraction of sp³-hybridized carbons (Fsp3) is 0.421. The van der Waals surface area contributed by atoms with Crippen molar-refractivity contribution in [1.29, 1.82) is 0 Å². The van der Waals surface area contributed by atoms with Crippen LogP contribution in [-0.4, -0.2) is 52.0 Å². The summed E-state index contributed by atoms with van der Waals surface area (Å²) in [7, 11) is -5.74. The van der Waals surface area contributed by atoms with Crippen LogP contribution in [0, 0.1) is 0 Å². The number of unbranched alkanes of at least 4 members (excludes halogenated alkanes) is 3. The first-order valence-electron chi connectivity index (χ1n) is 9.47. The van der Waals surface area contributed by atoms with Crippen LogP contribution in [-0.2, 0) is 19.9 Å². The van der Waals surface area contributed by atoms with E-state index in [2.05, 4.69) is 15.5 Å². The number of sulfone groups is 1. The molecular weight excluding hydrogens is 428 g/mol.